The summed E-state index contributed by atoms with van der Waals surface area (Å²) in [6, 6.07) is 15.7. The van der Waals surface area contributed by atoms with Gasteiger partial charge in [0.05, 0.1) is 44.5 Å². The number of para-hydroxylation sites is 1. The second-order valence-corrected chi connectivity index (χ2v) is 9.24. The van der Waals surface area contributed by atoms with Gasteiger partial charge in [-0.15, -0.1) is 5.10 Å². The van der Waals surface area contributed by atoms with Crippen LogP contribution in [0.25, 0.3) is 5.69 Å². The number of esters is 1. The second kappa shape index (κ2) is 11.3. The van der Waals surface area contributed by atoms with Crippen LogP contribution in [-0.4, -0.2) is 46.4 Å². The van der Waals surface area contributed by atoms with Crippen molar-refractivity contribution in [3.05, 3.63) is 88.5 Å². The first-order valence-corrected chi connectivity index (χ1v) is 12.8. The SMILES string of the molecule is CCOC(=O)c1cnnn1CCC[C@H]1O[C@H](c2cccc(OC)c2OC)c2cc(Cl)ccc2-n2cccc21. The van der Waals surface area contributed by atoms with Crippen LogP contribution in [0.2, 0.25) is 5.02 Å². The van der Waals surface area contributed by atoms with Gasteiger partial charge in [-0.1, -0.05) is 28.9 Å². The molecule has 0 saturated carbocycles. The van der Waals surface area contributed by atoms with Crippen molar-refractivity contribution >= 4 is 17.6 Å². The predicted molar refractivity (Wildman–Crippen MR) is 141 cm³/mol. The lowest BCUT2D eigenvalue weighted by molar-refractivity contribution is -0.000684. The maximum atomic E-state index is 12.2. The first kappa shape index (κ1) is 25.8. The highest BCUT2D eigenvalue weighted by atomic mass is 35.5. The zero-order valence-corrected chi connectivity index (χ0v) is 22.2. The molecule has 0 amide bonds. The molecule has 0 spiro atoms. The summed E-state index contributed by atoms with van der Waals surface area (Å²) in [7, 11) is 3.24. The van der Waals surface area contributed by atoms with Gasteiger partial charge in [-0.05, 0) is 56.2 Å². The molecule has 9 nitrogen and oxygen atoms in total. The van der Waals surface area contributed by atoms with Gasteiger partial charge >= 0.3 is 5.97 Å². The zero-order valence-electron chi connectivity index (χ0n) is 21.5. The van der Waals surface area contributed by atoms with E-state index in [1.807, 2.05) is 48.7 Å². The summed E-state index contributed by atoms with van der Waals surface area (Å²) in [6.45, 7) is 2.54. The monoisotopic (exact) mass is 536 g/mol. The summed E-state index contributed by atoms with van der Waals surface area (Å²) in [6.07, 6.45) is 4.06. The number of nitrogens with zero attached hydrogens (tertiary/aromatic N) is 4. The van der Waals surface area contributed by atoms with E-state index in [4.69, 9.17) is 30.5 Å². The van der Waals surface area contributed by atoms with E-state index < -0.39 is 12.1 Å². The number of rotatable bonds is 9. The van der Waals surface area contributed by atoms with E-state index >= 15 is 0 Å². The molecule has 2 aromatic carbocycles. The number of fused-ring (bicyclic) bond motifs is 3. The van der Waals surface area contributed by atoms with Gasteiger partial charge in [0.1, 0.15) is 6.10 Å². The number of carbonyl (C=O) groups excluding carboxylic acids is 1. The third-order valence-corrected chi connectivity index (χ3v) is 6.83. The number of methoxy groups -OCH3 is 2. The maximum absolute atomic E-state index is 12.2. The molecule has 0 N–H and O–H groups in total. The molecule has 38 heavy (non-hydrogen) atoms. The minimum absolute atomic E-state index is 0.272. The highest BCUT2D eigenvalue weighted by molar-refractivity contribution is 6.30. The normalized spacial score (nSPS) is 16.3. The molecule has 0 unspecified atom stereocenters. The first-order chi connectivity index (χ1) is 18.5. The van der Waals surface area contributed by atoms with Crippen LogP contribution in [-0.2, 0) is 16.0 Å². The van der Waals surface area contributed by atoms with Crippen LogP contribution in [0.4, 0.5) is 0 Å². The summed E-state index contributed by atoms with van der Waals surface area (Å²) < 4.78 is 27.1. The molecule has 10 heteroatoms. The lowest BCUT2D eigenvalue weighted by Gasteiger charge is -2.25. The maximum Gasteiger partial charge on any atom is 0.358 e. The molecule has 0 fully saturated rings. The Morgan fingerprint density at radius 2 is 1.97 bits per heavy atom. The third kappa shape index (κ3) is 4.87. The zero-order chi connectivity index (χ0) is 26.6. The topological polar surface area (TPSA) is 89.6 Å². The lowest BCUT2D eigenvalue weighted by atomic mass is 9.98. The number of hydrogen-bond acceptors (Lipinski definition) is 7. The van der Waals surface area contributed by atoms with Crippen molar-refractivity contribution in [3.63, 3.8) is 0 Å². The Labute approximate surface area is 225 Å². The molecule has 1 aliphatic heterocycles. The number of aryl methyl sites for hydroxylation is 1. The summed E-state index contributed by atoms with van der Waals surface area (Å²) >= 11 is 6.48. The third-order valence-electron chi connectivity index (χ3n) is 6.60. The van der Waals surface area contributed by atoms with Gasteiger partial charge < -0.3 is 23.5 Å². The standard InChI is InChI=1S/C28H29ClN4O5/c1-4-37-28(34)23-17-30-31-33(23)15-7-11-24-22-9-6-14-32(22)21-13-12-18(29)16-20(21)26(38-24)19-8-5-10-25(35-2)27(19)36-3/h5-6,8-10,12-14,16-17,24,26H,4,7,11,15H2,1-3H3/t24-,26-/m1/s1. The van der Waals surface area contributed by atoms with Gasteiger partial charge in [-0.25, -0.2) is 9.48 Å². The molecule has 0 saturated heterocycles. The van der Waals surface area contributed by atoms with Crippen LogP contribution in [0.15, 0.2) is 60.9 Å². The van der Waals surface area contributed by atoms with Crippen molar-refractivity contribution in [3.8, 4) is 17.2 Å². The number of ether oxygens (including phenoxy) is 4. The van der Waals surface area contributed by atoms with Crippen LogP contribution in [0, 0.1) is 0 Å². The van der Waals surface area contributed by atoms with Gasteiger partial charge in [-0.2, -0.15) is 0 Å². The largest absolute Gasteiger partial charge is 0.493 e. The highest BCUT2D eigenvalue weighted by Gasteiger charge is 2.32. The number of benzene rings is 2. The van der Waals surface area contributed by atoms with E-state index in [1.165, 1.54) is 6.20 Å². The summed E-state index contributed by atoms with van der Waals surface area (Å²) in [5.41, 5.74) is 4.09. The second-order valence-electron chi connectivity index (χ2n) is 8.80. The Balaban J connectivity index is 1.49. The van der Waals surface area contributed by atoms with Gasteiger partial charge in [0.2, 0.25) is 0 Å². The average molecular weight is 537 g/mol. The molecule has 4 aromatic rings. The van der Waals surface area contributed by atoms with E-state index in [1.54, 1.807) is 25.8 Å². The van der Waals surface area contributed by atoms with Crippen LogP contribution < -0.4 is 9.47 Å². The molecule has 5 rings (SSSR count). The van der Waals surface area contributed by atoms with Crippen molar-refractivity contribution in [1.29, 1.82) is 0 Å². The van der Waals surface area contributed by atoms with Crippen LogP contribution in [0.1, 0.15) is 59.3 Å². The van der Waals surface area contributed by atoms with E-state index in [0.29, 0.717) is 41.6 Å². The Hall–Kier alpha value is -3.82. The minimum Gasteiger partial charge on any atom is -0.493 e. The number of aromatic nitrogens is 4. The Kier molecular flexibility index (Phi) is 7.67. The quantitative estimate of drug-likeness (QED) is 0.259. The molecule has 198 valence electrons. The Bertz CT molecular complexity index is 1430. The van der Waals surface area contributed by atoms with E-state index in [-0.39, 0.29) is 12.7 Å². The summed E-state index contributed by atoms with van der Waals surface area (Å²) in [4.78, 5) is 12.2. The van der Waals surface area contributed by atoms with Crippen LogP contribution in [0.5, 0.6) is 11.5 Å². The molecule has 1 aliphatic rings. The molecule has 0 radical (unpaired) electrons. The fourth-order valence-corrected chi connectivity index (χ4v) is 5.11. The Morgan fingerprint density at radius 1 is 1.11 bits per heavy atom. The molecule has 2 aromatic heterocycles. The number of hydrogen-bond donors (Lipinski definition) is 0. The fraction of sp³-hybridized carbons (Fsp3) is 0.321. The number of halogens is 1. The highest BCUT2D eigenvalue weighted by Crippen LogP contribution is 2.46. The summed E-state index contributed by atoms with van der Waals surface area (Å²) in [5, 5.41) is 8.59. The van der Waals surface area contributed by atoms with Crippen molar-refractivity contribution in [2.24, 2.45) is 0 Å². The van der Waals surface area contributed by atoms with E-state index in [0.717, 1.165) is 22.5 Å². The molecule has 0 aliphatic carbocycles. The lowest BCUT2D eigenvalue weighted by Crippen LogP contribution is -2.15. The Morgan fingerprint density at radius 3 is 2.76 bits per heavy atom. The fourth-order valence-electron chi connectivity index (χ4n) is 4.93. The van der Waals surface area contributed by atoms with E-state index in [2.05, 4.69) is 20.9 Å². The molecule has 2 atom stereocenters. The average Bonchev–Trinajstić information content (AvgIpc) is 3.58. The van der Waals surface area contributed by atoms with Crippen LogP contribution in [0.3, 0.4) is 0 Å². The molecule has 3 heterocycles. The molecular formula is C28H29ClN4O5. The van der Waals surface area contributed by atoms with Gasteiger partial charge in [0, 0.05) is 28.9 Å². The smallest absolute Gasteiger partial charge is 0.358 e. The van der Waals surface area contributed by atoms with Crippen molar-refractivity contribution in [2.75, 3.05) is 20.8 Å². The van der Waals surface area contributed by atoms with Gasteiger partial charge in [0.15, 0.2) is 17.2 Å². The molecular weight excluding hydrogens is 508 g/mol. The number of carbonyl (C=O) groups is 1. The van der Waals surface area contributed by atoms with E-state index in [9.17, 15) is 4.79 Å². The first-order valence-electron chi connectivity index (χ1n) is 12.4. The summed E-state index contributed by atoms with van der Waals surface area (Å²) in [5.74, 6) is 0.794. The van der Waals surface area contributed by atoms with Gasteiger partial charge in [-0.3, -0.25) is 0 Å². The van der Waals surface area contributed by atoms with Crippen LogP contribution >= 0.6 is 11.6 Å². The van der Waals surface area contributed by atoms with Crippen molar-refractivity contribution < 1.29 is 23.7 Å². The molecule has 0 bridgehead atoms. The van der Waals surface area contributed by atoms with Gasteiger partial charge in [0.25, 0.3) is 0 Å². The predicted octanol–water partition coefficient (Wildman–Crippen LogP) is 5.56. The minimum atomic E-state index is -0.472. The van der Waals surface area contributed by atoms with Crippen molar-refractivity contribution in [2.45, 2.75) is 38.5 Å². The van der Waals surface area contributed by atoms with Crippen molar-refractivity contribution in [1.82, 2.24) is 19.6 Å².